The molecule has 2 saturated heterocycles. The van der Waals surface area contributed by atoms with Gasteiger partial charge in [0.2, 0.25) is 0 Å². The van der Waals surface area contributed by atoms with Gasteiger partial charge in [-0.2, -0.15) is 5.26 Å². The average molecular weight is 378 g/mol. The van der Waals surface area contributed by atoms with Crippen LogP contribution < -0.4 is 5.32 Å². The Morgan fingerprint density at radius 3 is 2.67 bits per heavy atom. The van der Waals surface area contributed by atoms with Gasteiger partial charge in [0.15, 0.2) is 0 Å². The van der Waals surface area contributed by atoms with E-state index >= 15 is 0 Å². The first kappa shape index (κ1) is 18.1. The average Bonchev–Trinajstić information content (AvgIpc) is 3.12. The SMILES string of the molecule is N#Cc1ccccc1Sc1ccccc1C(=O)N[C@H]1CCN2CCCC[C@@H]12. The zero-order valence-corrected chi connectivity index (χ0v) is 16.0. The third kappa shape index (κ3) is 3.87. The number of carbonyl (C=O) groups excluding carboxylic acids is 1. The first-order valence-electron chi connectivity index (χ1n) is 9.57. The highest BCUT2D eigenvalue weighted by atomic mass is 32.2. The predicted octanol–water partition coefficient (Wildman–Crippen LogP) is 4.07. The maximum Gasteiger partial charge on any atom is 0.252 e. The van der Waals surface area contributed by atoms with Gasteiger partial charge in [-0.15, -0.1) is 0 Å². The highest BCUT2D eigenvalue weighted by Crippen LogP contribution is 2.33. The lowest BCUT2D eigenvalue weighted by atomic mass is 9.99. The van der Waals surface area contributed by atoms with Gasteiger partial charge in [-0.25, -0.2) is 0 Å². The second kappa shape index (κ2) is 8.16. The van der Waals surface area contributed by atoms with E-state index in [-0.39, 0.29) is 11.9 Å². The van der Waals surface area contributed by atoms with E-state index in [1.165, 1.54) is 31.0 Å². The summed E-state index contributed by atoms with van der Waals surface area (Å²) in [7, 11) is 0. The Hall–Kier alpha value is -2.29. The van der Waals surface area contributed by atoms with Gasteiger partial charge in [-0.1, -0.05) is 42.4 Å². The van der Waals surface area contributed by atoms with Crippen LogP contribution in [0.25, 0.3) is 0 Å². The fraction of sp³-hybridized carbons (Fsp3) is 0.364. The van der Waals surface area contributed by atoms with Crippen molar-refractivity contribution in [3.05, 3.63) is 59.7 Å². The van der Waals surface area contributed by atoms with Crippen LogP contribution in [0.1, 0.15) is 41.6 Å². The van der Waals surface area contributed by atoms with Crippen LogP contribution in [0.5, 0.6) is 0 Å². The van der Waals surface area contributed by atoms with Crippen molar-refractivity contribution in [2.45, 2.75) is 47.6 Å². The molecule has 1 amide bonds. The van der Waals surface area contributed by atoms with Gasteiger partial charge in [0.1, 0.15) is 6.07 Å². The zero-order valence-electron chi connectivity index (χ0n) is 15.2. The molecule has 2 fully saturated rings. The van der Waals surface area contributed by atoms with Crippen molar-refractivity contribution in [1.29, 1.82) is 5.26 Å². The quantitative estimate of drug-likeness (QED) is 0.873. The number of nitrogens with one attached hydrogen (secondary N) is 1. The number of nitrogens with zero attached hydrogens (tertiary/aromatic N) is 2. The minimum atomic E-state index is -0.00929. The van der Waals surface area contributed by atoms with Crippen molar-refractivity contribution in [2.24, 2.45) is 0 Å². The van der Waals surface area contributed by atoms with E-state index < -0.39 is 0 Å². The summed E-state index contributed by atoms with van der Waals surface area (Å²) in [6.07, 6.45) is 4.74. The maximum atomic E-state index is 13.0. The van der Waals surface area contributed by atoms with Gasteiger partial charge >= 0.3 is 0 Å². The van der Waals surface area contributed by atoms with Crippen molar-refractivity contribution in [1.82, 2.24) is 10.2 Å². The second-order valence-corrected chi connectivity index (χ2v) is 8.26. The summed E-state index contributed by atoms with van der Waals surface area (Å²) in [5.41, 5.74) is 1.32. The van der Waals surface area contributed by atoms with Crippen molar-refractivity contribution in [2.75, 3.05) is 13.1 Å². The molecule has 0 spiro atoms. The van der Waals surface area contributed by atoms with E-state index in [1.54, 1.807) is 6.07 Å². The summed E-state index contributed by atoms with van der Waals surface area (Å²) in [4.78, 5) is 17.3. The lowest BCUT2D eigenvalue weighted by molar-refractivity contribution is 0.0912. The van der Waals surface area contributed by atoms with Crippen molar-refractivity contribution >= 4 is 17.7 Å². The zero-order chi connectivity index (χ0) is 18.6. The minimum Gasteiger partial charge on any atom is -0.348 e. The third-order valence-corrected chi connectivity index (χ3v) is 6.68. The topological polar surface area (TPSA) is 56.1 Å². The smallest absolute Gasteiger partial charge is 0.252 e. The van der Waals surface area contributed by atoms with Crippen LogP contribution in [-0.2, 0) is 0 Å². The molecule has 2 aromatic carbocycles. The normalized spacial score (nSPS) is 22.0. The Kier molecular flexibility index (Phi) is 5.47. The van der Waals surface area contributed by atoms with E-state index in [0.717, 1.165) is 29.3 Å². The molecule has 2 aliphatic rings. The molecule has 2 heterocycles. The van der Waals surface area contributed by atoms with Crippen LogP contribution in [0.2, 0.25) is 0 Å². The molecule has 1 N–H and O–H groups in total. The number of amides is 1. The van der Waals surface area contributed by atoms with E-state index in [4.69, 9.17) is 0 Å². The number of carbonyl (C=O) groups is 1. The highest BCUT2D eigenvalue weighted by molar-refractivity contribution is 7.99. The summed E-state index contributed by atoms with van der Waals surface area (Å²) in [5.74, 6) is -0.00929. The number of nitriles is 1. The fourth-order valence-corrected chi connectivity index (χ4v) is 5.20. The Balaban J connectivity index is 1.52. The highest BCUT2D eigenvalue weighted by Gasteiger charge is 2.36. The Morgan fingerprint density at radius 2 is 1.81 bits per heavy atom. The molecule has 2 aromatic rings. The van der Waals surface area contributed by atoms with Crippen LogP contribution in [0, 0.1) is 11.3 Å². The van der Waals surface area contributed by atoms with Crippen molar-refractivity contribution in [3.63, 3.8) is 0 Å². The first-order chi connectivity index (χ1) is 13.3. The van der Waals surface area contributed by atoms with E-state index in [9.17, 15) is 10.1 Å². The summed E-state index contributed by atoms with van der Waals surface area (Å²) >= 11 is 1.48. The summed E-state index contributed by atoms with van der Waals surface area (Å²) in [6.45, 7) is 2.25. The number of hydrogen-bond acceptors (Lipinski definition) is 4. The maximum absolute atomic E-state index is 13.0. The van der Waals surface area contributed by atoms with Crippen molar-refractivity contribution in [3.8, 4) is 6.07 Å². The molecule has 4 rings (SSSR count). The first-order valence-corrected chi connectivity index (χ1v) is 10.4. The molecule has 0 unspecified atom stereocenters. The lowest BCUT2D eigenvalue weighted by Gasteiger charge is -2.32. The lowest BCUT2D eigenvalue weighted by Crippen LogP contribution is -2.46. The number of hydrogen-bond donors (Lipinski definition) is 1. The summed E-state index contributed by atoms with van der Waals surface area (Å²) in [5, 5.41) is 12.6. The van der Waals surface area contributed by atoms with Gasteiger partial charge in [-0.05, 0) is 50.1 Å². The van der Waals surface area contributed by atoms with Gasteiger partial charge in [0, 0.05) is 28.4 Å². The van der Waals surface area contributed by atoms with Gasteiger partial charge in [0.25, 0.3) is 5.91 Å². The second-order valence-electron chi connectivity index (χ2n) is 7.17. The van der Waals surface area contributed by atoms with E-state index in [0.29, 0.717) is 17.2 Å². The van der Waals surface area contributed by atoms with Crippen molar-refractivity contribution < 1.29 is 4.79 Å². The molecular formula is C22H23N3OS. The molecule has 0 aromatic heterocycles. The number of benzene rings is 2. The molecule has 2 atom stereocenters. The monoisotopic (exact) mass is 377 g/mol. The standard InChI is InChI=1S/C22H23N3OS/c23-15-16-7-1-3-10-20(16)27-21-11-4-2-8-17(21)22(26)24-18-12-14-25-13-6-5-9-19(18)25/h1-4,7-8,10-11,18-19H,5-6,9,12-14H2,(H,24,26)/t18-,19-/m0/s1. The minimum absolute atomic E-state index is 0.00929. The van der Waals surface area contributed by atoms with Gasteiger partial charge in [0.05, 0.1) is 11.1 Å². The molecule has 0 bridgehead atoms. The van der Waals surface area contributed by atoms with Crippen LogP contribution in [0.4, 0.5) is 0 Å². The van der Waals surface area contributed by atoms with Crippen LogP contribution >= 0.6 is 11.8 Å². The molecule has 0 aliphatic carbocycles. The number of piperidine rings is 1. The molecular weight excluding hydrogens is 354 g/mol. The van der Waals surface area contributed by atoms with Crippen LogP contribution in [0.3, 0.4) is 0 Å². The Bertz CT molecular complexity index is 876. The Morgan fingerprint density at radius 1 is 1.04 bits per heavy atom. The summed E-state index contributed by atoms with van der Waals surface area (Å²) in [6, 6.07) is 18.1. The largest absolute Gasteiger partial charge is 0.348 e. The van der Waals surface area contributed by atoms with Crippen LogP contribution in [0.15, 0.2) is 58.3 Å². The molecule has 0 saturated carbocycles. The molecule has 2 aliphatic heterocycles. The van der Waals surface area contributed by atoms with Gasteiger partial charge < -0.3 is 5.32 Å². The molecule has 0 radical (unpaired) electrons. The van der Waals surface area contributed by atoms with Crippen LogP contribution in [-0.4, -0.2) is 36.0 Å². The van der Waals surface area contributed by atoms with E-state index in [1.807, 2.05) is 42.5 Å². The Labute approximate surface area is 164 Å². The molecule has 138 valence electrons. The number of fused-ring (bicyclic) bond motifs is 1. The van der Waals surface area contributed by atoms with Gasteiger partial charge in [-0.3, -0.25) is 9.69 Å². The number of rotatable bonds is 4. The molecule has 27 heavy (non-hydrogen) atoms. The fourth-order valence-electron chi connectivity index (χ4n) is 4.17. The predicted molar refractivity (Wildman–Crippen MR) is 107 cm³/mol. The molecule has 4 nitrogen and oxygen atoms in total. The summed E-state index contributed by atoms with van der Waals surface area (Å²) < 4.78 is 0. The molecule has 5 heteroatoms. The third-order valence-electron chi connectivity index (χ3n) is 5.53. The van der Waals surface area contributed by atoms with E-state index in [2.05, 4.69) is 16.3 Å².